The fourth-order valence-corrected chi connectivity index (χ4v) is 2.50. The monoisotopic (exact) mass is 289 g/mol. The topological polar surface area (TPSA) is 52.6 Å². The van der Waals surface area contributed by atoms with Crippen LogP contribution in [-0.2, 0) is 0 Å². The SMILES string of the molecule is [c]1cc2oc3ccccc3oc2c2oc3ccccc3oc12. The van der Waals surface area contributed by atoms with E-state index in [0.717, 1.165) is 0 Å². The molecule has 1 radical (unpaired) electrons. The summed E-state index contributed by atoms with van der Waals surface area (Å²) in [6.45, 7) is 0. The Morgan fingerprint density at radius 2 is 1.09 bits per heavy atom. The Balaban J connectivity index is 2.00. The van der Waals surface area contributed by atoms with Gasteiger partial charge in [0.05, 0.1) is 0 Å². The van der Waals surface area contributed by atoms with Crippen molar-refractivity contribution in [3.63, 3.8) is 0 Å². The van der Waals surface area contributed by atoms with Gasteiger partial charge in [0, 0.05) is 6.07 Å². The van der Waals surface area contributed by atoms with Gasteiger partial charge in [0.2, 0.25) is 11.2 Å². The molecule has 0 aliphatic heterocycles. The lowest BCUT2D eigenvalue weighted by Gasteiger charge is -2.05. The van der Waals surface area contributed by atoms with Gasteiger partial charge in [0.1, 0.15) is 0 Å². The highest BCUT2D eigenvalue weighted by Crippen LogP contribution is 2.31. The fourth-order valence-electron chi connectivity index (χ4n) is 2.50. The maximum atomic E-state index is 5.94. The lowest BCUT2D eigenvalue weighted by atomic mass is 10.2. The number of fused-ring (bicyclic) bond motifs is 5. The molecular weight excluding hydrogens is 280 g/mol. The summed E-state index contributed by atoms with van der Waals surface area (Å²) >= 11 is 0. The van der Waals surface area contributed by atoms with Gasteiger partial charge < -0.3 is 17.7 Å². The molecule has 0 spiro atoms. The van der Waals surface area contributed by atoms with Gasteiger partial charge in [-0.05, 0) is 30.3 Å². The van der Waals surface area contributed by atoms with Crippen molar-refractivity contribution in [2.24, 2.45) is 0 Å². The molecule has 0 aliphatic carbocycles. The second kappa shape index (κ2) is 4.18. The molecule has 2 aromatic heterocycles. The number of para-hydroxylation sites is 4. The molecular formula is C18H9O4. The molecule has 0 aliphatic rings. The van der Waals surface area contributed by atoms with Crippen LogP contribution in [0.2, 0.25) is 0 Å². The van der Waals surface area contributed by atoms with E-state index in [2.05, 4.69) is 6.07 Å². The highest BCUT2D eigenvalue weighted by molar-refractivity contribution is 5.98. The predicted octanol–water partition coefficient (Wildman–Crippen LogP) is 5.60. The van der Waals surface area contributed by atoms with E-state index in [9.17, 15) is 0 Å². The van der Waals surface area contributed by atoms with Crippen LogP contribution in [-0.4, -0.2) is 0 Å². The standard InChI is InChI=1S/C18H9O4/c1-3-7-13-11(5-1)19-15-9-10-16-18(17(15)21-13)22-14-8-4-2-6-12(14)20-16/h1-9H. The Bertz CT molecular complexity index is 1090. The first-order chi connectivity index (χ1) is 10.9. The minimum Gasteiger partial charge on any atom is -0.449 e. The summed E-state index contributed by atoms with van der Waals surface area (Å²) in [6, 6.07) is 19.7. The lowest BCUT2D eigenvalue weighted by molar-refractivity contribution is 0.553. The molecule has 4 heteroatoms. The number of hydrogen-bond donors (Lipinski definition) is 0. The predicted molar refractivity (Wildman–Crippen MR) is 82.0 cm³/mol. The zero-order valence-corrected chi connectivity index (χ0v) is 11.3. The van der Waals surface area contributed by atoms with Gasteiger partial charge in [-0.3, -0.25) is 0 Å². The van der Waals surface area contributed by atoms with Crippen molar-refractivity contribution in [1.29, 1.82) is 0 Å². The number of rotatable bonds is 0. The van der Waals surface area contributed by atoms with Gasteiger partial charge >= 0.3 is 0 Å². The summed E-state index contributed by atoms with van der Waals surface area (Å²) < 4.78 is 23.5. The Kier molecular flexibility index (Phi) is 2.19. The number of benzene rings is 3. The molecule has 22 heavy (non-hydrogen) atoms. The van der Waals surface area contributed by atoms with Gasteiger partial charge in [0.25, 0.3) is 0 Å². The molecule has 5 rings (SSSR count). The molecule has 0 amide bonds. The van der Waals surface area contributed by atoms with Crippen LogP contribution in [0, 0.1) is 6.07 Å². The lowest BCUT2D eigenvalue weighted by Crippen LogP contribution is -1.81. The average Bonchev–Trinajstić information content (AvgIpc) is 2.58. The normalized spacial score (nSPS) is 11.6. The molecule has 3 aromatic carbocycles. The first kappa shape index (κ1) is 11.5. The van der Waals surface area contributed by atoms with E-state index in [1.54, 1.807) is 6.07 Å². The van der Waals surface area contributed by atoms with Crippen molar-refractivity contribution in [1.82, 2.24) is 0 Å². The zero-order valence-electron chi connectivity index (χ0n) is 11.3. The Labute approximate surface area is 123 Å². The highest BCUT2D eigenvalue weighted by atomic mass is 16.4. The second-order valence-corrected chi connectivity index (χ2v) is 4.94. The van der Waals surface area contributed by atoms with Gasteiger partial charge in [-0.2, -0.15) is 0 Å². The zero-order chi connectivity index (χ0) is 14.5. The van der Waals surface area contributed by atoms with Crippen molar-refractivity contribution in [2.75, 3.05) is 0 Å². The van der Waals surface area contributed by atoms with Crippen molar-refractivity contribution < 1.29 is 17.7 Å². The third-order valence-corrected chi connectivity index (χ3v) is 3.52. The molecule has 0 N–H and O–H groups in total. The van der Waals surface area contributed by atoms with Crippen LogP contribution < -0.4 is 0 Å². The fraction of sp³-hybridized carbons (Fsp3) is 0. The van der Waals surface area contributed by atoms with E-state index in [0.29, 0.717) is 44.7 Å². The minimum atomic E-state index is 0.478. The van der Waals surface area contributed by atoms with Gasteiger partial charge in [-0.25, -0.2) is 0 Å². The van der Waals surface area contributed by atoms with E-state index in [1.807, 2.05) is 48.5 Å². The van der Waals surface area contributed by atoms with Gasteiger partial charge in [0.15, 0.2) is 33.5 Å². The minimum absolute atomic E-state index is 0.478. The summed E-state index contributed by atoms with van der Waals surface area (Å²) in [4.78, 5) is 0. The van der Waals surface area contributed by atoms with Crippen LogP contribution >= 0.6 is 0 Å². The number of hydrogen-bond acceptors (Lipinski definition) is 4. The first-order valence-electron chi connectivity index (χ1n) is 6.87. The molecule has 0 unspecified atom stereocenters. The van der Waals surface area contributed by atoms with Crippen molar-refractivity contribution in [2.45, 2.75) is 0 Å². The van der Waals surface area contributed by atoms with E-state index >= 15 is 0 Å². The molecule has 5 aromatic rings. The molecule has 4 nitrogen and oxygen atoms in total. The quantitative estimate of drug-likeness (QED) is 0.275. The van der Waals surface area contributed by atoms with Crippen LogP contribution in [0.15, 0.2) is 72.3 Å². The molecule has 105 valence electrons. The largest absolute Gasteiger partial charge is 0.449 e. The van der Waals surface area contributed by atoms with Crippen molar-refractivity contribution in [3.05, 3.63) is 60.7 Å². The average molecular weight is 289 g/mol. The van der Waals surface area contributed by atoms with E-state index in [1.165, 1.54) is 0 Å². The molecule has 0 saturated heterocycles. The summed E-state index contributed by atoms with van der Waals surface area (Å²) in [7, 11) is 0. The van der Waals surface area contributed by atoms with E-state index in [4.69, 9.17) is 17.7 Å². The smallest absolute Gasteiger partial charge is 0.217 e. The molecule has 0 bridgehead atoms. The van der Waals surface area contributed by atoms with Crippen molar-refractivity contribution >= 4 is 44.7 Å². The second-order valence-electron chi connectivity index (χ2n) is 4.94. The molecule has 2 heterocycles. The summed E-state index contributed by atoms with van der Waals surface area (Å²) in [5, 5.41) is 0. The summed E-state index contributed by atoms with van der Waals surface area (Å²) in [5.74, 6) is 0. The summed E-state index contributed by atoms with van der Waals surface area (Å²) in [5.41, 5.74) is 4.63. The molecule has 0 saturated carbocycles. The Morgan fingerprint density at radius 1 is 0.545 bits per heavy atom. The third-order valence-electron chi connectivity index (χ3n) is 3.52. The van der Waals surface area contributed by atoms with Crippen molar-refractivity contribution in [3.8, 4) is 0 Å². The van der Waals surface area contributed by atoms with Crippen LogP contribution in [0.5, 0.6) is 0 Å². The van der Waals surface area contributed by atoms with Crippen LogP contribution in [0.25, 0.3) is 44.7 Å². The van der Waals surface area contributed by atoms with Crippen LogP contribution in [0.3, 0.4) is 0 Å². The van der Waals surface area contributed by atoms with Gasteiger partial charge in [-0.15, -0.1) is 0 Å². The van der Waals surface area contributed by atoms with Gasteiger partial charge in [-0.1, -0.05) is 24.3 Å². The Hall–Kier alpha value is -3.14. The van der Waals surface area contributed by atoms with E-state index in [-0.39, 0.29) is 0 Å². The highest BCUT2D eigenvalue weighted by Gasteiger charge is 2.12. The summed E-state index contributed by atoms with van der Waals surface area (Å²) in [6.07, 6.45) is 0. The van der Waals surface area contributed by atoms with E-state index < -0.39 is 0 Å². The van der Waals surface area contributed by atoms with Crippen LogP contribution in [0.1, 0.15) is 0 Å². The maximum Gasteiger partial charge on any atom is 0.217 e. The Morgan fingerprint density at radius 3 is 1.77 bits per heavy atom. The molecule has 0 atom stereocenters. The van der Waals surface area contributed by atoms with Crippen LogP contribution in [0.4, 0.5) is 0 Å². The molecule has 0 fully saturated rings. The maximum absolute atomic E-state index is 5.94. The first-order valence-corrected chi connectivity index (χ1v) is 6.87. The third kappa shape index (κ3) is 1.58.